The SMILES string of the molecule is Cc1cccc(-n2nc(C(C)(C)C)c3c2N(CC(=O)NC(C)C)C(=O)CS[C@H]3c2ccc3c(c2)OCO3)c1. The van der Waals surface area contributed by atoms with Gasteiger partial charge in [-0.25, -0.2) is 4.68 Å². The molecule has 200 valence electrons. The molecule has 3 aromatic rings. The van der Waals surface area contributed by atoms with E-state index in [9.17, 15) is 9.59 Å². The van der Waals surface area contributed by atoms with E-state index in [-0.39, 0.29) is 47.6 Å². The van der Waals surface area contributed by atoms with E-state index in [1.165, 1.54) is 0 Å². The third kappa shape index (κ3) is 4.99. The zero-order chi connectivity index (χ0) is 27.2. The van der Waals surface area contributed by atoms with Crippen LogP contribution in [0.5, 0.6) is 11.5 Å². The van der Waals surface area contributed by atoms with Gasteiger partial charge in [-0.1, -0.05) is 39.0 Å². The minimum atomic E-state index is -0.326. The van der Waals surface area contributed by atoms with Crippen LogP contribution in [0, 0.1) is 6.92 Å². The van der Waals surface area contributed by atoms with E-state index >= 15 is 0 Å². The van der Waals surface area contributed by atoms with Gasteiger partial charge in [-0.05, 0) is 56.2 Å². The van der Waals surface area contributed by atoms with Crippen molar-refractivity contribution >= 4 is 29.4 Å². The highest BCUT2D eigenvalue weighted by Gasteiger charge is 2.40. The highest BCUT2D eigenvalue weighted by Crippen LogP contribution is 2.49. The summed E-state index contributed by atoms with van der Waals surface area (Å²) in [5.41, 5.74) is 4.41. The molecule has 38 heavy (non-hydrogen) atoms. The second-order valence-electron chi connectivity index (χ2n) is 11.1. The molecule has 9 heteroatoms. The van der Waals surface area contributed by atoms with Crippen molar-refractivity contribution in [3.05, 3.63) is 64.8 Å². The number of aromatic nitrogens is 2. The average molecular weight is 535 g/mol. The number of aryl methyl sites for hydroxylation is 1. The number of carbonyl (C=O) groups excluding carboxylic acids is 2. The molecule has 1 aromatic heterocycles. The van der Waals surface area contributed by atoms with Gasteiger partial charge in [0.05, 0.1) is 22.4 Å². The van der Waals surface area contributed by atoms with E-state index in [4.69, 9.17) is 14.6 Å². The lowest BCUT2D eigenvalue weighted by Crippen LogP contribution is -2.44. The first-order valence-corrected chi connectivity index (χ1v) is 13.9. The van der Waals surface area contributed by atoms with Crippen molar-refractivity contribution in [2.45, 2.75) is 58.2 Å². The molecule has 5 rings (SSSR count). The van der Waals surface area contributed by atoms with Crippen LogP contribution in [0.2, 0.25) is 0 Å². The number of nitrogens with one attached hydrogen (secondary N) is 1. The first kappa shape index (κ1) is 26.2. The number of thioether (sulfide) groups is 1. The number of fused-ring (bicyclic) bond motifs is 2. The lowest BCUT2D eigenvalue weighted by molar-refractivity contribution is -0.123. The topological polar surface area (TPSA) is 85.7 Å². The van der Waals surface area contributed by atoms with Gasteiger partial charge < -0.3 is 14.8 Å². The lowest BCUT2D eigenvalue weighted by Gasteiger charge is -2.25. The monoisotopic (exact) mass is 534 g/mol. The molecule has 0 spiro atoms. The molecule has 3 heterocycles. The van der Waals surface area contributed by atoms with Crippen LogP contribution in [0.25, 0.3) is 5.69 Å². The van der Waals surface area contributed by atoms with Crippen LogP contribution in [0.3, 0.4) is 0 Å². The molecule has 2 aliphatic heterocycles. The Hall–Kier alpha value is -3.46. The van der Waals surface area contributed by atoms with Crippen molar-refractivity contribution in [1.82, 2.24) is 15.1 Å². The summed E-state index contributed by atoms with van der Waals surface area (Å²) in [5.74, 6) is 1.92. The number of rotatable bonds is 5. The predicted octanol–water partition coefficient (Wildman–Crippen LogP) is 4.90. The van der Waals surface area contributed by atoms with Gasteiger partial charge in [-0.2, -0.15) is 5.10 Å². The van der Waals surface area contributed by atoms with Gasteiger partial charge in [0.2, 0.25) is 18.6 Å². The zero-order valence-corrected chi connectivity index (χ0v) is 23.5. The summed E-state index contributed by atoms with van der Waals surface area (Å²) in [6, 6.07) is 13.9. The van der Waals surface area contributed by atoms with Crippen molar-refractivity contribution in [1.29, 1.82) is 0 Å². The average Bonchev–Trinajstić information content (AvgIpc) is 3.44. The van der Waals surface area contributed by atoms with Gasteiger partial charge in [0, 0.05) is 17.0 Å². The molecule has 2 amide bonds. The minimum absolute atomic E-state index is 0.0355. The summed E-state index contributed by atoms with van der Waals surface area (Å²) in [5, 5.41) is 7.88. The second kappa shape index (κ2) is 10.0. The van der Waals surface area contributed by atoms with Crippen LogP contribution in [-0.4, -0.2) is 46.7 Å². The lowest BCUT2D eigenvalue weighted by atomic mass is 9.87. The fourth-order valence-corrected chi connectivity index (χ4v) is 6.05. The van der Waals surface area contributed by atoms with E-state index in [0.717, 1.165) is 28.1 Å². The number of hydrogen-bond donors (Lipinski definition) is 1. The van der Waals surface area contributed by atoms with Crippen molar-refractivity contribution in [3.63, 3.8) is 0 Å². The Labute approximate surface area is 227 Å². The summed E-state index contributed by atoms with van der Waals surface area (Å²) in [6.07, 6.45) is 0. The van der Waals surface area contributed by atoms with Gasteiger partial charge in [-0.3, -0.25) is 14.5 Å². The fourth-order valence-electron chi connectivity index (χ4n) is 4.86. The molecule has 0 radical (unpaired) electrons. The Morgan fingerprint density at radius 3 is 2.63 bits per heavy atom. The number of ether oxygens (including phenoxy) is 2. The normalized spacial score (nSPS) is 17.0. The van der Waals surface area contributed by atoms with Crippen LogP contribution in [0.1, 0.15) is 62.3 Å². The molecule has 2 aromatic carbocycles. The highest BCUT2D eigenvalue weighted by molar-refractivity contribution is 8.00. The first-order chi connectivity index (χ1) is 18.0. The van der Waals surface area contributed by atoms with Crippen LogP contribution >= 0.6 is 11.8 Å². The maximum Gasteiger partial charge on any atom is 0.240 e. The molecule has 1 atom stereocenters. The van der Waals surface area contributed by atoms with Crippen LogP contribution in [0.4, 0.5) is 5.82 Å². The minimum Gasteiger partial charge on any atom is -0.454 e. The Kier molecular flexibility index (Phi) is 6.90. The maximum absolute atomic E-state index is 13.7. The van der Waals surface area contributed by atoms with Gasteiger partial charge in [0.25, 0.3) is 0 Å². The largest absolute Gasteiger partial charge is 0.454 e. The van der Waals surface area contributed by atoms with Gasteiger partial charge in [-0.15, -0.1) is 11.8 Å². The van der Waals surface area contributed by atoms with E-state index < -0.39 is 0 Å². The van der Waals surface area contributed by atoms with Gasteiger partial charge >= 0.3 is 0 Å². The van der Waals surface area contributed by atoms with Crippen molar-refractivity contribution in [3.8, 4) is 17.2 Å². The Bertz CT molecular complexity index is 1390. The second-order valence-corrected chi connectivity index (χ2v) is 12.2. The van der Waals surface area contributed by atoms with Crippen molar-refractivity contribution in [2.75, 3.05) is 24.0 Å². The number of hydrogen-bond acceptors (Lipinski definition) is 6. The summed E-state index contributed by atoms with van der Waals surface area (Å²) in [7, 11) is 0. The highest BCUT2D eigenvalue weighted by atomic mass is 32.2. The van der Waals surface area contributed by atoms with Crippen molar-refractivity contribution in [2.24, 2.45) is 0 Å². The summed E-state index contributed by atoms with van der Waals surface area (Å²) in [4.78, 5) is 28.3. The maximum atomic E-state index is 13.7. The number of amides is 2. The zero-order valence-electron chi connectivity index (χ0n) is 22.7. The number of anilines is 1. The number of benzene rings is 2. The van der Waals surface area contributed by atoms with E-state index in [1.54, 1.807) is 16.7 Å². The Morgan fingerprint density at radius 2 is 1.92 bits per heavy atom. The molecule has 0 fully saturated rings. The molecule has 2 aliphatic rings. The summed E-state index contributed by atoms with van der Waals surface area (Å²) in [6.45, 7) is 12.3. The molecule has 0 saturated heterocycles. The standard InChI is InChI=1S/C29H34N4O4S/c1-17(2)30-23(34)14-32-24(35)15-38-26(19-10-11-21-22(13-19)37-16-36-21)25-27(29(4,5)6)31-33(28(25)32)20-9-7-8-18(3)12-20/h7-13,17,26H,14-16H2,1-6H3,(H,30,34)/t26-/m0/s1. The summed E-state index contributed by atoms with van der Waals surface area (Å²) >= 11 is 1.55. The molecule has 0 unspecified atom stereocenters. The van der Waals surface area contributed by atoms with Crippen LogP contribution < -0.4 is 19.7 Å². The van der Waals surface area contributed by atoms with Crippen LogP contribution in [-0.2, 0) is 15.0 Å². The van der Waals surface area contributed by atoms with E-state index in [1.807, 2.05) is 67.9 Å². The van der Waals surface area contributed by atoms with Gasteiger partial charge in [0.15, 0.2) is 11.5 Å². The fraction of sp³-hybridized carbons (Fsp3) is 0.414. The molecule has 0 bridgehead atoms. The van der Waals surface area contributed by atoms with Crippen molar-refractivity contribution < 1.29 is 19.1 Å². The molecule has 1 N–H and O–H groups in total. The number of carbonyl (C=O) groups is 2. The van der Waals surface area contributed by atoms with E-state index in [2.05, 4.69) is 26.1 Å². The quantitative estimate of drug-likeness (QED) is 0.501. The van der Waals surface area contributed by atoms with Crippen LogP contribution in [0.15, 0.2) is 42.5 Å². The number of nitrogens with zero attached hydrogens (tertiary/aromatic N) is 3. The molecular weight excluding hydrogens is 500 g/mol. The molecular formula is C29H34N4O4S. The smallest absolute Gasteiger partial charge is 0.240 e. The Morgan fingerprint density at radius 1 is 1.16 bits per heavy atom. The predicted molar refractivity (Wildman–Crippen MR) is 149 cm³/mol. The van der Waals surface area contributed by atoms with Gasteiger partial charge in [0.1, 0.15) is 12.4 Å². The molecule has 8 nitrogen and oxygen atoms in total. The molecule has 0 saturated carbocycles. The van der Waals surface area contributed by atoms with E-state index in [0.29, 0.717) is 17.3 Å². The first-order valence-electron chi connectivity index (χ1n) is 12.8. The molecule has 0 aliphatic carbocycles. The third-order valence-corrected chi connectivity index (χ3v) is 7.75. The third-order valence-electron chi connectivity index (χ3n) is 6.50. The Balaban J connectivity index is 1.76. The summed E-state index contributed by atoms with van der Waals surface area (Å²) < 4.78 is 13.1.